The van der Waals surface area contributed by atoms with Crippen molar-refractivity contribution in [3.8, 4) is 0 Å². The van der Waals surface area contributed by atoms with Gasteiger partial charge >= 0.3 is 6.09 Å². The summed E-state index contributed by atoms with van der Waals surface area (Å²) in [5.41, 5.74) is 3.27. The summed E-state index contributed by atoms with van der Waals surface area (Å²) < 4.78 is 5.63. The van der Waals surface area contributed by atoms with E-state index in [-0.39, 0.29) is 12.2 Å². The van der Waals surface area contributed by atoms with Crippen molar-refractivity contribution in [1.82, 2.24) is 9.80 Å². The van der Waals surface area contributed by atoms with E-state index in [0.717, 1.165) is 51.9 Å². The summed E-state index contributed by atoms with van der Waals surface area (Å²) in [6.45, 7) is 3.77. The molecule has 0 aromatic rings. The fourth-order valence-electron chi connectivity index (χ4n) is 3.05. The van der Waals surface area contributed by atoms with Gasteiger partial charge in [0.25, 0.3) is 0 Å². The van der Waals surface area contributed by atoms with Gasteiger partial charge in [0, 0.05) is 26.2 Å². The van der Waals surface area contributed by atoms with Gasteiger partial charge in [-0.1, -0.05) is 11.1 Å². The zero-order chi connectivity index (χ0) is 13.2. The van der Waals surface area contributed by atoms with E-state index in [1.54, 1.807) is 11.1 Å². The summed E-state index contributed by atoms with van der Waals surface area (Å²) in [5.74, 6) is 0. The first-order valence-electron chi connectivity index (χ1n) is 7.56. The Bertz CT molecular complexity index is 368. The number of carbonyl (C=O) groups is 1. The first kappa shape index (κ1) is 13.0. The van der Waals surface area contributed by atoms with Gasteiger partial charge in [0.05, 0.1) is 0 Å². The van der Waals surface area contributed by atoms with Crippen LogP contribution in [0.25, 0.3) is 0 Å². The number of hydrogen-bond donors (Lipinski definition) is 0. The predicted molar refractivity (Wildman–Crippen MR) is 74.1 cm³/mol. The van der Waals surface area contributed by atoms with Gasteiger partial charge in [0.1, 0.15) is 6.10 Å². The molecule has 2 saturated heterocycles. The Hall–Kier alpha value is -1.03. The van der Waals surface area contributed by atoms with E-state index in [4.69, 9.17) is 4.74 Å². The summed E-state index contributed by atoms with van der Waals surface area (Å²) in [7, 11) is 2.12. The third-order valence-corrected chi connectivity index (χ3v) is 4.56. The lowest BCUT2D eigenvalue weighted by Gasteiger charge is -2.32. The highest BCUT2D eigenvalue weighted by molar-refractivity contribution is 5.68. The third kappa shape index (κ3) is 3.30. The number of piperidine rings is 2. The maximum absolute atomic E-state index is 12.1. The Morgan fingerprint density at radius 3 is 2.16 bits per heavy atom. The zero-order valence-corrected chi connectivity index (χ0v) is 11.9. The minimum Gasteiger partial charge on any atom is -0.446 e. The SMILES string of the molecule is CN1CCC(OC(=O)N2CCC(=C3CC3)CC2)CC1. The van der Waals surface area contributed by atoms with Crippen LogP contribution in [0.4, 0.5) is 4.79 Å². The summed E-state index contributed by atoms with van der Waals surface area (Å²) in [4.78, 5) is 16.3. The molecule has 0 aromatic heterocycles. The van der Waals surface area contributed by atoms with Crippen molar-refractivity contribution in [3.63, 3.8) is 0 Å². The average Bonchev–Trinajstić information content (AvgIpc) is 3.26. The minimum absolute atomic E-state index is 0.0885. The Morgan fingerprint density at radius 1 is 1.00 bits per heavy atom. The van der Waals surface area contributed by atoms with E-state index >= 15 is 0 Å². The highest BCUT2D eigenvalue weighted by Crippen LogP contribution is 2.36. The van der Waals surface area contributed by atoms with Crippen LogP contribution < -0.4 is 0 Å². The van der Waals surface area contributed by atoms with E-state index in [2.05, 4.69) is 11.9 Å². The topological polar surface area (TPSA) is 32.8 Å². The first-order valence-corrected chi connectivity index (χ1v) is 7.56. The first-order chi connectivity index (χ1) is 9.22. The van der Waals surface area contributed by atoms with Crippen LogP contribution in [0.2, 0.25) is 0 Å². The van der Waals surface area contributed by atoms with Crippen molar-refractivity contribution < 1.29 is 9.53 Å². The van der Waals surface area contributed by atoms with Crippen LogP contribution in [-0.2, 0) is 4.74 Å². The quantitative estimate of drug-likeness (QED) is 0.682. The maximum atomic E-state index is 12.1. The smallest absolute Gasteiger partial charge is 0.410 e. The second-order valence-corrected chi connectivity index (χ2v) is 6.08. The van der Waals surface area contributed by atoms with Gasteiger partial charge in [-0.25, -0.2) is 4.79 Å². The molecule has 0 N–H and O–H groups in total. The van der Waals surface area contributed by atoms with Crippen LogP contribution in [0.3, 0.4) is 0 Å². The summed E-state index contributed by atoms with van der Waals surface area (Å²) >= 11 is 0. The van der Waals surface area contributed by atoms with Crippen LogP contribution in [0.1, 0.15) is 38.5 Å². The highest BCUT2D eigenvalue weighted by atomic mass is 16.6. The molecule has 3 rings (SSSR count). The Labute approximate surface area is 115 Å². The lowest BCUT2D eigenvalue weighted by Crippen LogP contribution is -2.41. The van der Waals surface area contributed by atoms with Gasteiger partial charge in [-0.3, -0.25) is 0 Å². The lowest BCUT2D eigenvalue weighted by atomic mass is 10.0. The minimum atomic E-state index is -0.0885. The van der Waals surface area contributed by atoms with Crippen molar-refractivity contribution in [3.05, 3.63) is 11.1 Å². The molecule has 0 aromatic carbocycles. The van der Waals surface area contributed by atoms with E-state index < -0.39 is 0 Å². The zero-order valence-electron chi connectivity index (χ0n) is 11.9. The molecule has 4 nitrogen and oxygen atoms in total. The lowest BCUT2D eigenvalue weighted by molar-refractivity contribution is 0.0316. The molecule has 2 aliphatic heterocycles. The van der Waals surface area contributed by atoms with Crippen LogP contribution in [0.15, 0.2) is 11.1 Å². The fraction of sp³-hybridized carbons (Fsp3) is 0.800. The molecule has 0 spiro atoms. The second kappa shape index (κ2) is 5.53. The number of rotatable bonds is 1. The van der Waals surface area contributed by atoms with Crippen LogP contribution in [-0.4, -0.2) is 55.2 Å². The summed E-state index contributed by atoms with van der Waals surface area (Å²) in [5, 5.41) is 0. The van der Waals surface area contributed by atoms with Crippen LogP contribution in [0, 0.1) is 0 Å². The van der Waals surface area contributed by atoms with Gasteiger partial charge in [0.15, 0.2) is 0 Å². The van der Waals surface area contributed by atoms with Gasteiger partial charge < -0.3 is 14.5 Å². The van der Waals surface area contributed by atoms with Gasteiger partial charge in [-0.15, -0.1) is 0 Å². The van der Waals surface area contributed by atoms with Gasteiger partial charge in [-0.05, 0) is 45.6 Å². The number of nitrogens with zero attached hydrogens (tertiary/aromatic N) is 2. The molecule has 0 atom stereocenters. The van der Waals surface area contributed by atoms with Crippen molar-refractivity contribution in [1.29, 1.82) is 0 Å². The Kier molecular flexibility index (Phi) is 3.78. The van der Waals surface area contributed by atoms with Crippen molar-refractivity contribution in [2.45, 2.75) is 44.6 Å². The molecule has 2 heterocycles. The number of carbonyl (C=O) groups excluding carboxylic acids is 1. The normalized spacial score (nSPS) is 25.6. The monoisotopic (exact) mass is 264 g/mol. The summed E-state index contributed by atoms with van der Waals surface area (Å²) in [6.07, 6.45) is 6.73. The Balaban J connectivity index is 1.44. The molecular formula is C15H24N2O2. The molecule has 3 fully saturated rings. The Morgan fingerprint density at radius 2 is 1.58 bits per heavy atom. The summed E-state index contributed by atoms with van der Waals surface area (Å²) in [6, 6.07) is 0. The molecule has 4 heteroatoms. The van der Waals surface area contributed by atoms with Gasteiger partial charge in [-0.2, -0.15) is 0 Å². The number of likely N-dealkylation sites (tertiary alicyclic amines) is 2. The van der Waals surface area contributed by atoms with Crippen molar-refractivity contribution >= 4 is 6.09 Å². The molecule has 1 saturated carbocycles. The predicted octanol–water partition coefficient (Wildman–Crippen LogP) is 2.40. The average molecular weight is 264 g/mol. The molecule has 19 heavy (non-hydrogen) atoms. The number of allylic oxidation sites excluding steroid dienone is 1. The fourth-order valence-corrected chi connectivity index (χ4v) is 3.05. The van der Waals surface area contributed by atoms with Crippen molar-refractivity contribution in [2.75, 3.05) is 33.2 Å². The van der Waals surface area contributed by atoms with Crippen LogP contribution >= 0.6 is 0 Å². The highest BCUT2D eigenvalue weighted by Gasteiger charge is 2.27. The molecule has 0 radical (unpaired) electrons. The molecule has 0 unspecified atom stereocenters. The largest absolute Gasteiger partial charge is 0.446 e. The standard InChI is InChI=1S/C15H24N2O2/c1-16-8-6-14(7-9-16)19-15(18)17-10-4-13(5-11-17)12-2-3-12/h14H,2-11H2,1H3. The number of ether oxygens (including phenoxy) is 1. The molecule has 1 amide bonds. The number of hydrogen-bond acceptors (Lipinski definition) is 3. The van der Waals surface area contributed by atoms with Crippen LogP contribution in [0.5, 0.6) is 0 Å². The van der Waals surface area contributed by atoms with Crippen molar-refractivity contribution in [2.24, 2.45) is 0 Å². The van der Waals surface area contributed by atoms with Gasteiger partial charge in [0.2, 0.25) is 0 Å². The third-order valence-electron chi connectivity index (χ3n) is 4.56. The molecular weight excluding hydrogens is 240 g/mol. The molecule has 3 aliphatic rings. The van der Waals surface area contributed by atoms with E-state index in [1.165, 1.54) is 12.8 Å². The second-order valence-electron chi connectivity index (χ2n) is 6.08. The molecule has 1 aliphatic carbocycles. The molecule has 0 bridgehead atoms. The van der Waals surface area contributed by atoms with E-state index in [1.807, 2.05) is 4.90 Å². The number of amides is 1. The van der Waals surface area contributed by atoms with E-state index in [0.29, 0.717) is 0 Å². The maximum Gasteiger partial charge on any atom is 0.410 e. The van der Waals surface area contributed by atoms with E-state index in [9.17, 15) is 4.79 Å². The molecule has 106 valence electrons.